The van der Waals surface area contributed by atoms with Gasteiger partial charge in [0.15, 0.2) is 5.82 Å². The highest BCUT2D eigenvalue weighted by atomic mass is 16.5. The summed E-state index contributed by atoms with van der Waals surface area (Å²) in [5.41, 5.74) is 3.60. The third-order valence-electron chi connectivity index (χ3n) is 3.56. The molecule has 1 amide bonds. The fourth-order valence-corrected chi connectivity index (χ4v) is 2.22. The Morgan fingerprint density at radius 2 is 1.83 bits per heavy atom. The first-order chi connectivity index (χ1) is 11.1. The van der Waals surface area contributed by atoms with Gasteiger partial charge >= 0.3 is 0 Å². The van der Waals surface area contributed by atoms with Crippen molar-refractivity contribution in [1.29, 1.82) is 0 Å². The van der Waals surface area contributed by atoms with Crippen molar-refractivity contribution in [1.82, 2.24) is 15.5 Å². The Bertz CT molecular complexity index is 822. The molecule has 0 fully saturated rings. The standard InChI is InChI=1S/C18H17N3O2/c1-12-7-9-14(10-8-12)18-20-16(21-23-18)11-19-17(22)15-6-4-3-5-13(15)2/h3-10H,11H2,1-2H3,(H,19,22). The van der Waals surface area contributed by atoms with Crippen LogP contribution in [0.15, 0.2) is 53.1 Å². The average Bonchev–Trinajstić information content (AvgIpc) is 3.03. The average molecular weight is 307 g/mol. The molecule has 0 unspecified atom stereocenters. The van der Waals surface area contributed by atoms with Crippen LogP contribution in [0, 0.1) is 13.8 Å². The van der Waals surface area contributed by atoms with Crippen molar-refractivity contribution in [3.05, 3.63) is 71.0 Å². The molecule has 0 saturated heterocycles. The van der Waals surface area contributed by atoms with Crippen LogP contribution in [0.5, 0.6) is 0 Å². The number of aromatic nitrogens is 2. The van der Waals surface area contributed by atoms with Crippen molar-refractivity contribution in [2.24, 2.45) is 0 Å². The van der Waals surface area contributed by atoms with Gasteiger partial charge in [0.1, 0.15) is 0 Å². The van der Waals surface area contributed by atoms with Gasteiger partial charge in [-0.15, -0.1) is 0 Å². The summed E-state index contributed by atoms with van der Waals surface area (Å²) in [4.78, 5) is 16.5. The van der Waals surface area contributed by atoms with Gasteiger partial charge in [-0.1, -0.05) is 41.1 Å². The van der Waals surface area contributed by atoms with E-state index in [9.17, 15) is 4.79 Å². The van der Waals surface area contributed by atoms with Crippen molar-refractivity contribution in [3.63, 3.8) is 0 Å². The first-order valence-electron chi connectivity index (χ1n) is 7.37. The number of carbonyl (C=O) groups excluding carboxylic acids is 1. The Kier molecular flexibility index (Phi) is 4.19. The summed E-state index contributed by atoms with van der Waals surface area (Å²) in [6.07, 6.45) is 0. The van der Waals surface area contributed by atoms with E-state index in [-0.39, 0.29) is 12.5 Å². The number of amides is 1. The monoisotopic (exact) mass is 307 g/mol. The minimum atomic E-state index is -0.148. The molecule has 0 aliphatic heterocycles. The van der Waals surface area contributed by atoms with Crippen molar-refractivity contribution in [2.45, 2.75) is 20.4 Å². The largest absolute Gasteiger partial charge is 0.345 e. The van der Waals surface area contributed by atoms with E-state index in [2.05, 4.69) is 15.5 Å². The lowest BCUT2D eigenvalue weighted by molar-refractivity contribution is 0.0949. The van der Waals surface area contributed by atoms with E-state index < -0.39 is 0 Å². The highest BCUT2D eigenvalue weighted by molar-refractivity contribution is 5.95. The van der Waals surface area contributed by atoms with E-state index in [1.54, 1.807) is 6.07 Å². The zero-order chi connectivity index (χ0) is 16.2. The van der Waals surface area contributed by atoms with Crippen molar-refractivity contribution in [3.8, 4) is 11.5 Å². The summed E-state index contributed by atoms with van der Waals surface area (Å²) < 4.78 is 5.24. The number of nitrogens with one attached hydrogen (secondary N) is 1. The Morgan fingerprint density at radius 1 is 1.09 bits per heavy atom. The predicted molar refractivity (Wildman–Crippen MR) is 86.8 cm³/mol. The van der Waals surface area contributed by atoms with Crippen LogP contribution >= 0.6 is 0 Å². The van der Waals surface area contributed by atoms with E-state index in [0.29, 0.717) is 17.3 Å². The molecule has 0 saturated carbocycles. The maximum atomic E-state index is 12.2. The van der Waals surface area contributed by atoms with Gasteiger partial charge < -0.3 is 9.84 Å². The molecule has 2 aromatic carbocycles. The molecule has 0 atom stereocenters. The highest BCUT2D eigenvalue weighted by Crippen LogP contribution is 2.17. The second-order valence-corrected chi connectivity index (χ2v) is 5.38. The third-order valence-corrected chi connectivity index (χ3v) is 3.56. The Hall–Kier alpha value is -2.95. The molecule has 1 heterocycles. The molecule has 116 valence electrons. The number of carbonyl (C=O) groups is 1. The van der Waals surface area contributed by atoms with Crippen LogP contribution in [0.4, 0.5) is 0 Å². The van der Waals surface area contributed by atoms with E-state index in [1.165, 1.54) is 5.56 Å². The van der Waals surface area contributed by atoms with Crippen LogP contribution < -0.4 is 5.32 Å². The lowest BCUT2D eigenvalue weighted by Crippen LogP contribution is -2.24. The fourth-order valence-electron chi connectivity index (χ4n) is 2.22. The molecule has 23 heavy (non-hydrogen) atoms. The molecule has 3 aromatic rings. The lowest BCUT2D eigenvalue weighted by Gasteiger charge is -2.05. The predicted octanol–water partition coefficient (Wildman–Crippen LogP) is 3.28. The van der Waals surface area contributed by atoms with Gasteiger partial charge in [0, 0.05) is 11.1 Å². The van der Waals surface area contributed by atoms with Crippen LogP contribution in [0.25, 0.3) is 11.5 Å². The number of rotatable bonds is 4. The minimum absolute atomic E-state index is 0.148. The quantitative estimate of drug-likeness (QED) is 0.803. The van der Waals surface area contributed by atoms with Crippen molar-refractivity contribution < 1.29 is 9.32 Å². The first kappa shape index (κ1) is 15.0. The number of benzene rings is 2. The SMILES string of the molecule is Cc1ccc(-c2nc(CNC(=O)c3ccccc3C)no2)cc1. The zero-order valence-electron chi connectivity index (χ0n) is 13.0. The molecular formula is C18H17N3O2. The Morgan fingerprint density at radius 3 is 2.57 bits per heavy atom. The molecule has 0 aliphatic carbocycles. The molecule has 0 bridgehead atoms. The van der Waals surface area contributed by atoms with E-state index in [4.69, 9.17) is 4.52 Å². The lowest BCUT2D eigenvalue weighted by atomic mass is 10.1. The zero-order valence-corrected chi connectivity index (χ0v) is 13.0. The second kappa shape index (κ2) is 6.44. The van der Waals surface area contributed by atoms with Crippen molar-refractivity contribution >= 4 is 5.91 Å². The molecular weight excluding hydrogens is 290 g/mol. The molecule has 1 N–H and O–H groups in total. The van der Waals surface area contributed by atoms with Crippen LogP contribution in [0.1, 0.15) is 27.3 Å². The smallest absolute Gasteiger partial charge is 0.257 e. The number of aryl methyl sites for hydroxylation is 2. The summed E-state index contributed by atoms with van der Waals surface area (Å²) in [6, 6.07) is 15.3. The minimum Gasteiger partial charge on any atom is -0.345 e. The van der Waals surface area contributed by atoms with Gasteiger partial charge in [0.2, 0.25) is 0 Å². The molecule has 0 aliphatic rings. The normalized spacial score (nSPS) is 10.5. The molecule has 5 nitrogen and oxygen atoms in total. The Labute approximate surface area is 134 Å². The second-order valence-electron chi connectivity index (χ2n) is 5.38. The van der Waals surface area contributed by atoms with Gasteiger partial charge in [-0.3, -0.25) is 4.79 Å². The van der Waals surface area contributed by atoms with Crippen LogP contribution in [-0.4, -0.2) is 16.0 Å². The van der Waals surface area contributed by atoms with Gasteiger partial charge in [0.25, 0.3) is 11.8 Å². The van der Waals surface area contributed by atoms with Gasteiger partial charge in [-0.25, -0.2) is 0 Å². The summed E-state index contributed by atoms with van der Waals surface area (Å²) in [5, 5.41) is 6.71. The van der Waals surface area contributed by atoms with Crippen molar-refractivity contribution in [2.75, 3.05) is 0 Å². The Balaban J connectivity index is 1.67. The summed E-state index contributed by atoms with van der Waals surface area (Å²) in [7, 11) is 0. The summed E-state index contributed by atoms with van der Waals surface area (Å²) in [5.74, 6) is 0.748. The van der Waals surface area contributed by atoms with Crippen LogP contribution in [0.2, 0.25) is 0 Å². The van der Waals surface area contributed by atoms with Gasteiger partial charge in [0.05, 0.1) is 6.54 Å². The van der Waals surface area contributed by atoms with Crippen LogP contribution in [-0.2, 0) is 6.54 Å². The molecule has 5 heteroatoms. The van der Waals surface area contributed by atoms with Gasteiger partial charge in [-0.05, 0) is 37.6 Å². The van der Waals surface area contributed by atoms with E-state index in [0.717, 1.165) is 11.1 Å². The molecule has 0 spiro atoms. The maximum Gasteiger partial charge on any atom is 0.257 e. The van der Waals surface area contributed by atoms with E-state index in [1.807, 2.05) is 56.3 Å². The summed E-state index contributed by atoms with van der Waals surface area (Å²) >= 11 is 0. The topological polar surface area (TPSA) is 68.0 Å². The maximum absolute atomic E-state index is 12.2. The first-order valence-corrected chi connectivity index (χ1v) is 7.37. The number of hydrogen-bond acceptors (Lipinski definition) is 4. The van der Waals surface area contributed by atoms with Gasteiger partial charge in [-0.2, -0.15) is 4.98 Å². The third kappa shape index (κ3) is 3.45. The highest BCUT2D eigenvalue weighted by Gasteiger charge is 2.11. The molecule has 0 radical (unpaired) electrons. The van der Waals surface area contributed by atoms with Crippen LogP contribution in [0.3, 0.4) is 0 Å². The van der Waals surface area contributed by atoms with E-state index >= 15 is 0 Å². The number of nitrogens with zero attached hydrogens (tertiary/aromatic N) is 2. The molecule has 1 aromatic heterocycles. The number of hydrogen-bond donors (Lipinski definition) is 1. The fraction of sp³-hybridized carbons (Fsp3) is 0.167. The molecule has 3 rings (SSSR count). The summed E-state index contributed by atoms with van der Waals surface area (Å²) in [6.45, 7) is 4.14.